The average molecular weight is 111 g/mol. The molecule has 0 N–H and O–H groups in total. The molecule has 0 atom stereocenters. The predicted octanol–water partition coefficient (Wildman–Crippen LogP) is 0.670. The van der Waals surface area contributed by atoms with Gasteiger partial charge in [-0.1, -0.05) is 0 Å². The molecule has 1 nitrogen and oxygen atoms in total. The molecule has 0 aliphatic heterocycles. The van der Waals surface area contributed by atoms with Crippen LogP contribution in [0.15, 0.2) is 0 Å². The van der Waals surface area contributed by atoms with Gasteiger partial charge in [0.15, 0.2) is 0 Å². The van der Waals surface area contributed by atoms with Gasteiger partial charge in [-0.15, -0.1) is 0 Å². The molecule has 0 saturated heterocycles. The molecule has 0 heterocycles. The van der Waals surface area contributed by atoms with Crippen molar-refractivity contribution in [2.24, 2.45) is 0 Å². The molecular weight excluding hydrogens is 100 g/mol. The lowest BCUT2D eigenvalue weighted by molar-refractivity contribution is 0.344. The van der Waals surface area contributed by atoms with Crippen molar-refractivity contribution in [3.63, 3.8) is 0 Å². The standard InChI is InChI=1S/C4H10FN.FH/c1-6(2)4-3-5;/h3-4H2,1-2H3;1H. The Morgan fingerprint density at radius 3 is 1.86 bits per heavy atom. The van der Waals surface area contributed by atoms with Crippen LogP contribution in [-0.4, -0.2) is 32.2 Å². The Labute approximate surface area is 42.5 Å². The van der Waals surface area contributed by atoms with E-state index in [-0.39, 0.29) is 11.4 Å². The van der Waals surface area contributed by atoms with E-state index in [9.17, 15) is 4.39 Å². The smallest absolute Gasteiger partial charge is 0.102 e. The molecule has 0 bridgehead atoms. The van der Waals surface area contributed by atoms with Crippen molar-refractivity contribution in [2.75, 3.05) is 27.3 Å². The summed E-state index contributed by atoms with van der Waals surface area (Å²) in [5, 5.41) is 0. The third kappa shape index (κ3) is 10.7. The van der Waals surface area contributed by atoms with Crippen LogP contribution in [0.2, 0.25) is 0 Å². The Balaban J connectivity index is 0. The van der Waals surface area contributed by atoms with Gasteiger partial charge >= 0.3 is 0 Å². The Kier molecular flexibility index (Phi) is 8.27. The molecule has 3 heteroatoms. The Morgan fingerprint density at radius 1 is 1.43 bits per heavy atom. The number of rotatable bonds is 2. The van der Waals surface area contributed by atoms with Gasteiger partial charge in [0.1, 0.15) is 6.67 Å². The van der Waals surface area contributed by atoms with Crippen molar-refractivity contribution in [3.05, 3.63) is 0 Å². The molecule has 0 radical (unpaired) electrons. The van der Waals surface area contributed by atoms with Crippen molar-refractivity contribution in [1.82, 2.24) is 4.90 Å². The van der Waals surface area contributed by atoms with Crippen LogP contribution in [0.1, 0.15) is 0 Å². The molecule has 0 aromatic heterocycles. The quantitative estimate of drug-likeness (QED) is 0.506. The summed E-state index contributed by atoms with van der Waals surface area (Å²) in [6, 6.07) is 0. The normalized spacial score (nSPS) is 8.57. The van der Waals surface area contributed by atoms with Crippen molar-refractivity contribution < 1.29 is 9.09 Å². The van der Waals surface area contributed by atoms with E-state index in [1.54, 1.807) is 4.90 Å². The summed E-state index contributed by atoms with van der Waals surface area (Å²) >= 11 is 0. The fourth-order valence-electron chi connectivity index (χ4n) is 0.169. The maximum atomic E-state index is 11.2. The average Bonchev–Trinajstić information content (AvgIpc) is 1.35. The highest BCUT2D eigenvalue weighted by atomic mass is 19.1. The fourth-order valence-corrected chi connectivity index (χ4v) is 0.169. The van der Waals surface area contributed by atoms with E-state index in [1.807, 2.05) is 14.1 Å². The molecule has 0 aliphatic carbocycles. The third-order valence-electron chi connectivity index (χ3n) is 0.532. The zero-order valence-electron chi connectivity index (χ0n) is 4.65. The Bertz CT molecular complexity index is 30.9. The van der Waals surface area contributed by atoms with Crippen molar-refractivity contribution in [1.29, 1.82) is 0 Å². The lowest BCUT2D eigenvalue weighted by Crippen LogP contribution is -2.13. The number of halogens is 2. The van der Waals surface area contributed by atoms with Gasteiger partial charge in [0.25, 0.3) is 0 Å². The molecule has 0 spiro atoms. The lowest BCUT2D eigenvalue weighted by atomic mass is 10.7. The van der Waals surface area contributed by atoms with Crippen molar-refractivity contribution in [2.45, 2.75) is 0 Å². The second kappa shape index (κ2) is 5.82. The Hall–Kier alpha value is -0.180. The second-order valence-electron chi connectivity index (χ2n) is 1.49. The second-order valence-corrected chi connectivity index (χ2v) is 1.49. The van der Waals surface area contributed by atoms with Crippen LogP contribution in [0.25, 0.3) is 0 Å². The number of hydrogen-bond acceptors (Lipinski definition) is 1. The maximum Gasteiger partial charge on any atom is 0.102 e. The van der Waals surface area contributed by atoms with E-state index in [1.165, 1.54) is 0 Å². The SMILES string of the molecule is CN(C)CCF.F. The molecule has 0 aromatic rings. The van der Waals surface area contributed by atoms with Gasteiger partial charge in [0, 0.05) is 6.54 Å². The van der Waals surface area contributed by atoms with Gasteiger partial charge in [0.05, 0.1) is 0 Å². The van der Waals surface area contributed by atoms with Crippen LogP contribution in [0, 0.1) is 0 Å². The molecule has 7 heavy (non-hydrogen) atoms. The van der Waals surface area contributed by atoms with Crippen LogP contribution in [0.4, 0.5) is 9.09 Å². The summed E-state index contributed by atoms with van der Waals surface area (Å²) in [6.45, 7) is 0.299. The summed E-state index contributed by atoms with van der Waals surface area (Å²) in [6.07, 6.45) is 0. The lowest BCUT2D eigenvalue weighted by Gasteiger charge is -2.02. The van der Waals surface area contributed by atoms with Crippen LogP contribution < -0.4 is 0 Å². The fraction of sp³-hybridized carbons (Fsp3) is 1.00. The number of nitrogens with zero attached hydrogens (tertiary/aromatic N) is 1. The van der Waals surface area contributed by atoms with Gasteiger partial charge in [-0.25, -0.2) is 4.39 Å². The van der Waals surface area contributed by atoms with Crippen molar-refractivity contribution in [3.8, 4) is 0 Å². The third-order valence-corrected chi connectivity index (χ3v) is 0.532. The van der Waals surface area contributed by atoms with Crippen LogP contribution >= 0.6 is 0 Å². The number of alkyl halides is 1. The summed E-state index contributed by atoms with van der Waals surface area (Å²) in [7, 11) is 3.69. The van der Waals surface area contributed by atoms with Crippen molar-refractivity contribution >= 4 is 0 Å². The molecule has 0 aliphatic rings. The molecule has 0 fully saturated rings. The molecule has 0 aromatic carbocycles. The van der Waals surface area contributed by atoms with Gasteiger partial charge in [-0.3, -0.25) is 4.70 Å². The summed E-state index contributed by atoms with van der Waals surface area (Å²) in [5.74, 6) is 0. The minimum atomic E-state index is -0.243. The topological polar surface area (TPSA) is 3.24 Å². The zero-order chi connectivity index (χ0) is 4.99. The molecule has 46 valence electrons. The van der Waals surface area contributed by atoms with Crippen LogP contribution in [-0.2, 0) is 0 Å². The minimum absolute atomic E-state index is 0. The summed E-state index contributed by atoms with van der Waals surface area (Å²) in [4.78, 5) is 1.81. The van der Waals surface area contributed by atoms with E-state index in [0.29, 0.717) is 6.54 Å². The first kappa shape index (κ1) is 9.94. The van der Waals surface area contributed by atoms with Gasteiger partial charge < -0.3 is 4.90 Å². The first-order valence-electron chi connectivity index (χ1n) is 1.98. The molecular formula is C4H11F2N. The molecule has 0 rings (SSSR count). The first-order chi connectivity index (χ1) is 2.77. The largest absolute Gasteiger partial charge is 0.307 e. The molecule has 0 amide bonds. The van der Waals surface area contributed by atoms with E-state index < -0.39 is 0 Å². The molecule has 0 unspecified atom stereocenters. The monoisotopic (exact) mass is 111 g/mol. The highest BCUT2D eigenvalue weighted by Crippen LogP contribution is 1.71. The van der Waals surface area contributed by atoms with E-state index in [4.69, 9.17) is 0 Å². The minimum Gasteiger partial charge on any atom is -0.307 e. The van der Waals surface area contributed by atoms with Gasteiger partial charge in [-0.05, 0) is 14.1 Å². The van der Waals surface area contributed by atoms with E-state index >= 15 is 0 Å². The zero-order valence-corrected chi connectivity index (χ0v) is 4.65. The first-order valence-corrected chi connectivity index (χ1v) is 1.98. The van der Waals surface area contributed by atoms with E-state index in [0.717, 1.165) is 0 Å². The Morgan fingerprint density at radius 2 is 1.86 bits per heavy atom. The maximum absolute atomic E-state index is 11.2. The molecule has 0 saturated carbocycles. The highest BCUT2D eigenvalue weighted by molar-refractivity contribution is 4.34. The van der Waals surface area contributed by atoms with Crippen LogP contribution in [0.3, 0.4) is 0 Å². The van der Waals surface area contributed by atoms with Crippen LogP contribution in [0.5, 0.6) is 0 Å². The summed E-state index contributed by atoms with van der Waals surface area (Å²) < 4.78 is 11.2. The highest BCUT2D eigenvalue weighted by Gasteiger charge is 1.82. The number of hydrogen-bond donors (Lipinski definition) is 0. The summed E-state index contributed by atoms with van der Waals surface area (Å²) in [5.41, 5.74) is 0. The van der Waals surface area contributed by atoms with Gasteiger partial charge in [0.2, 0.25) is 0 Å². The van der Waals surface area contributed by atoms with E-state index in [2.05, 4.69) is 0 Å². The predicted molar refractivity (Wildman–Crippen MR) is 27.0 cm³/mol. The van der Waals surface area contributed by atoms with Gasteiger partial charge in [-0.2, -0.15) is 0 Å².